The number of carbonyl (C=O) groups excluding carboxylic acids is 1. The van der Waals surface area contributed by atoms with Crippen molar-refractivity contribution in [3.05, 3.63) is 35.8 Å². The van der Waals surface area contributed by atoms with Crippen molar-refractivity contribution >= 4 is 35.0 Å². The van der Waals surface area contributed by atoms with E-state index in [1.54, 1.807) is 13.3 Å². The highest BCUT2D eigenvalue weighted by atomic mass is 35.5. The molecule has 0 aliphatic carbocycles. The highest BCUT2D eigenvalue weighted by molar-refractivity contribution is 7.10. The third kappa shape index (κ3) is 5.04. The van der Waals surface area contributed by atoms with E-state index in [1.807, 2.05) is 25.1 Å². The molecule has 0 spiro atoms. The summed E-state index contributed by atoms with van der Waals surface area (Å²) in [5.41, 5.74) is 1.85. The number of hydrogen-bond donors (Lipinski definition) is 3. The largest absolute Gasteiger partial charge is 0.495 e. The first-order chi connectivity index (χ1) is 11.7. The second-order valence-corrected chi connectivity index (χ2v) is 6.56. The molecule has 3 rings (SSSR count). The zero-order valence-electron chi connectivity index (χ0n) is 14.1. The molecule has 2 aromatic rings. The molecule has 0 saturated carbocycles. The van der Waals surface area contributed by atoms with Gasteiger partial charge in [-0.05, 0) is 49.6 Å². The molecule has 1 aliphatic heterocycles. The van der Waals surface area contributed by atoms with Crippen LogP contribution in [0.1, 0.15) is 23.7 Å². The Kier molecular flexibility index (Phi) is 6.98. The minimum Gasteiger partial charge on any atom is -0.495 e. The lowest BCUT2D eigenvalue weighted by atomic mass is 9.90. The van der Waals surface area contributed by atoms with Gasteiger partial charge < -0.3 is 15.4 Å². The predicted molar refractivity (Wildman–Crippen MR) is 101 cm³/mol. The Morgan fingerprint density at radius 2 is 2.28 bits per heavy atom. The van der Waals surface area contributed by atoms with E-state index in [9.17, 15) is 4.79 Å². The van der Waals surface area contributed by atoms with E-state index in [0.717, 1.165) is 41.6 Å². The van der Waals surface area contributed by atoms with Gasteiger partial charge in [0.25, 0.3) is 0 Å². The summed E-state index contributed by atoms with van der Waals surface area (Å²) in [5.74, 6) is 0.851. The van der Waals surface area contributed by atoms with Gasteiger partial charge in [-0.25, -0.2) is 4.79 Å². The smallest absolute Gasteiger partial charge is 0.320 e. The summed E-state index contributed by atoms with van der Waals surface area (Å²) in [6, 6.07) is 5.53. The zero-order valence-corrected chi connectivity index (χ0v) is 15.7. The number of pyridine rings is 1. The van der Waals surface area contributed by atoms with Crippen molar-refractivity contribution in [2.45, 2.75) is 25.3 Å². The molecular formula is C16H22ClN5O2S. The number of rotatable bonds is 4. The summed E-state index contributed by atoms with van der Waals surface area (Å²) in [4.78, 5) is 16.7. The summed E-state index contributed by atoms with van der Waals surface area (Å²) >= 11 is 1.28. The van der Waals surface area contributed by atoms with E-state index >= 15 is 0 Å². The van der Waals surface area contributed by atoms with Crippen LogP contribution in [0.2, 0.25) is 0 Å². The Labute approximate surface area is 157 Å². The third-order valence-corrected chi connectivity index (χ3v) is 4.83. The average Bonchev–Trinajstić information content (AvgIpc) is 3.00. The molecule has 2 aromatic heterocycles. The first-order valence-corrected chi connectivity index (χ1v) is 8.64. The molecule has 2 unspecified atom stereocenters. The number of anilines is 1. The normalized spacial score (nSPS) is 19.6. The number of halogens is 1. The van der Waals surface area contributed by atoms with Crippen LogP contribution in [0, 0.1) is 6.92 Å². The number of methoxy groups -OCH3 is 1. The topological polar surface area (TPSA) is 88.2 Å². The maximum Gasteiger partial charge on any atom is 0.320 e. The summed E-state index contributed by atoms with van der Waals surface area (Å²) < 4.78 is 9.32. The number of nitrogens with zero attached hydrogens (tertiary/aromatic N) is 2. The molecule has 1 fully saturated rings. The molecule has 1 aliphatic rings. The number of hydrogen-bond acceptors (Lipinski definition) is 6. The molecule has 0 aromatic carbocycles. The van der Waals surface area contributed by atoms with Crippen molar-refractivity contribution in [3.8, 4) is 5.75 Å². The second kappa shape index (κ2) is 8.98. The lowest BCUT2D eigenvalue weighted by Gasteiger charge is -2.32. The van der Waals surface area contributed by atoms with Gasteiger partial charge in [0, 0.05) is 24.2 Å². The molecule has 2 amide bonds. The molecule has 9 heteroatoms. The lowest BCUT2D eigenvalue weighted by molar-refractivity contribution is 0.241. The maximum absolute atomic E-state index is 12.3. The molecule has 0 radical (unpaired) electrons. The van der Waals surface area contributed by atoms with Crippen molar-refractivity contribution in [2.75, 3.05) is 25.5 Å². The van der Waals surface area contributed by atoms with Gasteiger partial charge in [-0.2, -0.15) is 4.37 Å². The number of amides is 2. The fourth-order valence-corrected chi connectivity index (χ4v) is 3.47. The van der Waals surface area contributed by atoms with Gasteiger partial charge in [0.15, 0.2) is 0 Å². The van der Waals surface area contributed by atoms with Crippen LogP contribution < -0.4 is 20.7 Å². The van der Waals surface area contributed by atoms with Crippen molar-refractivity contribution in [3.63, 3.8) is 0 Å². The average molecular weight is 384 g/mol. The van der Waals surface area contributed by atoms with Gasteiger partial charge >= 0.3 is 6.03 Å². The van der Waals surface area contributed by atoms with Crippen molar-refractivity contribution in [2.24, 2.45) is 0 Å². The Hall–Kier alpha value is -1.90. The van der Waals surface area contributed by atoms with Crippen molar-refractivity contribution in [1.82, 2.24) is 20.0 Å². The van der Waals surface area contributed by atoms with E-state index in [-0.39, 0.29) is 30.4 Å². The Bertz CT molecular complexity index is 694. The van der Waals surface area contributed by atoms with Crippen LogP contribution in [0.3, 0.4) is 0 Å². The minimum absolute atomic E-state index is 0. The van der Waals surface area contributed by atoms with Crippen LogP contribution in [0.15, 0.2) is 24.4 Å². The summed E-state index contributed by atoms with van der Waals surface area (Å²) in [5, 5.41) is 10.0. The first-order valence-electron chi connectivity index (χ1n) is 7.87. The molecule has 1 saturated heterocycles. The number of ether oxygens (including phenoxy) is 1. The van der Waals surface area contributed by atoms with Gasteiger partial charge in [-0.15, -0.1) is 12.4 Å². The van der Waals surface area contributed by atoms with Crippen LogP contribution in [0.5, 0.6) is 5.75 Å². The number of carbonyl (C=O) groups is 1. The first kappa shape index (κ1) is 19.4. The van der Waals surface area contributed by atoms with Gasteiger partial charge in [-0.1, -0.05) is 0 Å². The van der Waals surface area contributed by atoms with Crippen LogP contribution in [-0.4, -0.2) is 41.6 Å². The van der Waals surface area contributed by atoms with Gasteiger partial charge in [0.05, 0.1) is 19.0 Å². The standard InChI is InChI=1S/C16H21N5O2S.ClH/c1-10-7-15(24-21-10)20-16(22)19-14-5-6-17-9-12(14)13-4-3-11(23-2)8-18-13;/h3-4,7-8,12,14,17H,5-6,9H2,1-2H3,(H2,19,20,22);1H. The van der Waals surface area contributed by atoms with E-state index in [4.69, 9.17) is 4.74 Å². The zero-order chi connectivity index (χ0) is 16.9. The predicted octanol–water partition coefficient (Wildman–Crippen LogP) is 2.54. The molecule has 3 heterocycles. The molecular weight excluding hydrogens is 362 g/mol. The van der Waals surface area contributed by atoms with E-state index < -0.39 is 0 Å². The van der Waals surface area contributed by atoms with E-state index in [1.165, 1.54) is 11.5 Å². The minimum atomic E-state index is -0.205. The molecule has 0 bridgehead atoms. The fraction of sp³-hybridized carbons (Fsp3) is 0.438. The van der Waals surface area contributed by atoms with Crippen LogP contribution in [0.25, 0.3) is 0 Å². The third-order valence-electron chi connectivity index (χ3n) is 4.04. The Morgan fingerprint density at radius 3 is 2.92 bits per heavy atom. The molecule has 25 heavy (non-hydrogen) atoms. The van der Waals surface area contributed by atoms with Gasteiger partial charge in [0.1, 0.15) is 10.8 Å². The number of piperidine rings is 1. The van der Waals surface area contributed by atoms with Gasteiger partial charge in [-0.3, -0.25) is 10.3 Å². The molecule has 3 N–H and O–H groups in total. The number of urea groups is 1. The molecule has 7 nitrogen and oxygen atoms in total. The summed E-state index contributed by atoms with van der Waals surface area (Å²) in [6.45, 7) is 3.55. The van der Waals surface area contributed by atoms with E-state index in [2.05, 4.69) is 25.3 Å². The Balaban J connectivity index is 0.00000225. The number of nitrogens with one attached hydrogen (secondary N) is 3. The van der Waals surface area contributed by atoms with Crippen LogP contribution in [0.4, 0.5) is 9.80 Å². The Morgan fingerprint density at radius 1 is 1.44 bits per heavy atom. The van der Waals surface area contributed by atoms with Crippen LogP contribution >= 0.6 is 23.9 Å². The molecule has 2 atom stereocenters. The highest BCUT2D eigenvalue weighted by Gasteiger charge is 2.28. The number of aryl methyl sites for hydroxylation is 1. The maximum atomic E-state index is 12.3. The quantitative estimate of drug-likeness (QED) is 0.755. The summed E-state index contributed by atoms with van der Waals surface area (Å²) in [6.07, 6.45) is 2.56. The second-order valence-electron chi connectivity index (χ2n) is 5.76. The van der Waals surface area contributed by atoms with Crippen molar-refractivity contribution < 1.29 is 9.53 Å². The van der Waals surface area contributed by atoms with Crippen molar-refractivity contribution in [1.29, 1.82) is 0 Å². The molecule has 136 valence electrons. The summed E-state index contributed by atoms with van der Waals surface area (Å²) in [7, 11) is 1.62. The van der Waals surface area contributed by atoms with Crippen LogP contribution in [-0.2, 0) is 0 Å². The highest BCUT2D eigenvalue weighted by Crippen LogP contribution is 2.24. The van der Waals surface area contributed by atoms with Gasteiger partial charge in [0.2, 0.25) is 0 Å². The lowest BCUT2D eigenvalue weighted by Crippen LogP contribution is -2.49. The monoisotopic (exact) mass is 383 g/mol. The fourth-order valence-electron chi connectivity index (χ4n) is 2.81. The number of aromatic nitrogens is 2. The van der Waals surface area contributed by atoms with E-state index in [0.29, 0.717) is 0 Å². The SMILES string of the molecule is COc1ccc(C2CNCCC2NC(=O)Nc2cc(C)ns2)nc1.Cl.